The highest BCUT2D eigenvalue weighted by Gasteiger charge is 2.13. The fourth-order valence-corrected chi connectivity index (χ4v) is 3.39. The number of aromatic nitrogens is 1. The van der Waals surface area contributed by atoms with Crippen molar-refractivity contribution in [3.05, 3.63) is 52.6 Å². The number of benzene rings is 1. The van der Waals surface area contributed by atoms with Crippen molar-refractivity contribution in [2.75, 3.05) is 23.3 Å². The maximum Gasteiger partial charge on any atom is 0.128 e. The summed E-state index contributed by atoms with van der Waals surface area (Å²) in [6, 6.07) is 12.8. The van der Waals surface area contributed by atoms with Gasteiger partial charge in [0.05, 0.1) is 11.9 Å². The van der Waals surface area contributed by atoms with Gasteiger partial charge in [-0.05, 0) is 43.5 Å². The molecular weight excluding hydrogens is 326 g/mol. The van der Waals surface area contributed by atoms with Gasteiger partial charge < -0.3 is 10.2 Å². The second-order valence-electron chi connectivity index (χ2n) is 5.49. The minimum Gasteiger partial charge on any atom is -0.377 e. The quantitative estimate of drug-likeness (QED) is 0.876. The maximum absolute atomic E-state index is 4.58. The lowest BCUT2D eigenvalue weighted by Gasteiger charge is -2.19. The molecule has 4 heteroatoms. The SMILES string of the molecule is CC(Nc1ccc(N2CCCC2)nc1)c1ccccc1Br. The summed E-state index contributed by atoms with van der Waals surface area (Å²) in [5.74, 6) is 1.09. The molecule has 21 heavy (non-hydrogen) atoms. The van der Waals surface area contributed by atoms with E-state index in [9.17, 15) is 0 Å². The summed E-state index contributed by atoms with van der Waals surface area (Å²) in [4.78, 5) is 6.93. The minimum absolute atomic E-state index is 0.236. The van der Waals surface area contributed by atoms with Crippen molar-refractivity contribution in [2.45, 2.75) is 25.8 Å². The predicted molar refractivity (Wildman–Crippen MR) is 91.9 cm³/mol. The van der Waals surface area contributed by atoms with Crippen molar-refractivity contribution in [1.82, 2.24) is 4.98 Å². The molecular formula is C17H20BrN3. The van der Waals surface area contributed by atoms with E-state index >= 15 is 0 Å². The van der Waals surface area contributed by atoms with Crippen LogP contribution in [0.15, 0.2) is 47.1 Å². The number of hydrogen-bond acceptors (Lipinski definition) is 3. The fraction of sp³-hybridized carbons (Fsp3) is 0.353. The fourth-order valence-electron chi connectivity index (χ4n) is 2.76. The van der Waals surface area contributed by atoms with Gasteiger partial charge in [-0.1, -0.05) is 34.1 Å². The molecule has 3 rings (SSSR count). The number of anilines is 2. The van der Waals surface area contributed by atoms with E-state index in [0.717, 1.165) is 29.1 Å². The standard InChI is InChI=1S/C17H20BrN3/c1-13(15-6-2-3-7-16(15)18)20-14-8-9-17(19-12-14)21-10-4-5-11-21/h2-3,6-9,12-13,20H,4-5,10-11H2,1H3. The highest BCUT2D eigenvalue weighted by molar-refractivity contribution is 9.10. The first-order chi connectivity index (χ1) is 10.2. The first-order valence-corrected chi connectivity index (χ1v) is 8.25. The molecule has 0 saturated carbocycles. The van der Waals surface area contributed by atoms with Crippen LogP contribution in [0.25, 0.3) is 0 Å². The normalized spacial score (nSPS) is 16.0. The van der Waals surface area contributed by atoms with Crippen LogP contribution in [0.2, 0.25) is 0 Å². The van der Waals surface area contributed by atoms with E-state index < -0.39 is 0 Å². The van der Waals surface area contributed by atoms with Gasteiger partial charge in [0.2, 0.25) is 0 Å². The number of hydrogen-bond donors (Lipinski definition) is 1. The lowest BCUT2D eigenvalue weighted by Crippen LogP contribution is -2.18. The highest BCUT2D eigenvalue weighted by atomic mass is 79.9. The van der Waals surface area contributed by atoms with E-state index in [0.29, 0.717) is 0 Å². The zero-order valence-corrected chi connectivity index (χ0v) is 13.8. The van der Waals surface area contributed by atoms with Gasteiger partial charge in [-0.15, -0.1) is 0 Å². The van der Waals surface area contributed by atoms with E-state index in [2.05, 4.69) is 68.4 Å². The summed E-state index contributed by atoms with van der Waals surface area (Å²) < 4.78 is 1.13. The number of nitrogens with one attached hydrogen (secondary N) is 1. The summed E-state index contributed by atoms with van der Waals surface area (Å²) >= 11 is 3.60. The van der Waals surface area contributed by atoms with E-state index in [1.807, 2.05) is 12.3 Å². The molecule has 1 aliphatic heterocycles. The van der Waals surface area contributed by atoms with E-state index in [-0.39, 0.29) is 6.04 Å². The lowest BCUT2D eigenvalue weighted by molar-refractivity contribution is 0.875. The Morgan fingerprint density at radius 3 is 2.57 bits per heavy atom. The van der Waals surface area contributed by atoms with E-state index in [1.54, 1.807) is 0 Å². The zero-order valence-electron chi connectivity index (χ0n) is 12.2. The van der Waals surface area contributed by atoms with Gasteiger partial charge in [-0.2, -0.15) is 0 Å². The number of pyridine rings is 1. The molecule has 1 aliphatic rings. The average Bonchev–Trinajstić information content (AvgIpc) is 3.02. The molecule has 1 aromatic carbocycles. The largest absolute Gasteiger partial charge is 0.377 e. The van der Waals surface area contributed by atoms with Gasteiger partial charge in [0, 0.05) is 23.6 Å². The molecule has 0 radical (unpaired) electrons. The van der Waals surface area contributed by atoms with E-state index in [4.69, 9.17) is 0 Å². The first-order valence-electron chi connectivity index (χ1n) is 7.46. The van der Waals surface area contributed by atoms with Crippen molar-refractivity contribution in [2.24, 2.45) is 0 Å². The molecule has 1 unspecified atom stereocenters. The van der Waals surface area contributed by atoms with Crippen LogP contribution in [0.4, 0.5) is 11.5 Å². The first kappa shape index (κ1) is 14.4. The molecule has 0 bridgehead atoms. The summed E-state index contributed by atoms with van der Waals surface area (Å²) in [7, 11) is 0. The van der Waals surface area contributed by atoms with Crippen LogP contribution >= 0.6 is 15.9 Å². The topological polar surface area (TPSA) is 28.2 Å². The van der Waals surface area contributed by atoms with Crippen LogP contribution in [-0.2, 0) is 0 Å². The number of halogens is 1. The van der Waals surface area contributed by atoms with Crippen LogP contribution in [0.3, 0.4) is 0 Å². The molecule has 1 saturated heterocycles. The Balaban J connectivity index is 1.69. The average molecular weight is 346 g/mol. The Hall–Kier alpha value is -1.55. The summed E-state index contributed by atoms with van der Waals surface area (Å²) in [5, 5.41) is 3.51. The highest BCUT2D eigenvalue weighted by Crippen LogP contribution is 2.26. The molecule has 3 nitrogen and oxygen atoms in total. The van der Waals surface area contributed by atoms with Gasteiger partial charge in [0.1, 0.15) is 5.82 Å². The molecule has 2 heterocycles. The van der Waals surface area contributed by atoms with Crippen LogP contribution in [0.1, 0.15) is 31.4 Å². The Morgan fingerprint density at radius 2 is 1.90 bits per heavy atom. The van der Waals surface area contributed by atoms with Gasteiger partial charge in [-0.3, -0.25) is 0 Å². The molecule has 0 amide bonds. The van der Waals surface area contributed by atoms with Gasteiger partial charge in [0.15, 0.2) is 0 Å². The maximum atomic E-state index is 4.58. The minimum atomic E-state index is 0.236. The van der Waals surface area contributed by atoms with Crippen LogP contribution < -0.4 is 10.2 Å². The molecule has 1 aromatic heterocycles. The summed E-state index contributed by atoms with van der Waals surface area (Å²) in [6.07, 6.45) is 4.49. The van der Waals surface area contributed by atoms with Gasteiger partial charge in [-0.25, -0.2) is 4.98 Å². The van der Waals surface area contributed by atoms with Crippen molar-refractivity contribution in [1.29, 1.82) is 0 Å². The lowest BCUT2D eigenvalue weighted by atomic mass is 10.1. The molecule has 0 aliphatic carbocycles. The third-order valence-electron chi connectivity index (χ3n) is 3.93. The summed E-state index contributed by atoms with van der Waals surface area (Å²) in [6.45, 7) is 4.43. The Kier molecular flexibility index (Phi) is 4.44. The van der Waals surface area contributed by atoms with Crippen LogP contribution in [0.5, 0.6) is 0 Å². The molecule has 0 spiro atoms. The second-order valence-corrected chi connectivity index (χ2v) is 6.34. The number of rotatable bonds is 4. The molecule has 1 fully saturated rings. The third kappa shape index (κ3) is 3.38. The Morgan fingerprint density at radius 1 is 1.14 bits per heavy atom. The van der Waals surface area contributed by atoms with Gasteiger partial charge in [0.25, 0.3) is 0 Å². The third-order valence-corrected chi connectivity index (χ3v) is 4.65. The molecule has 1 atom stereocenters. The van der Waals surface area contributed by atoms with Crippen molar-refractivity contribution in [3.8, 4) is 0 Å². The molecule has 2 aromatic rings. The summed E-state index contributed by atoms with van der Waals surface area (Å²) in [5.41, 5.74) is 2.31. The smallest absolute Gasteiger partial charge is 0.128 e. The van der Waals surface area contributed by atoms with Crippen molar-refractivity contribution < 1.29 is 0 Å². The molecule has 1 N–H and O–H groups in total. The van der Waals surface area contributed by atoms with E-state index in [1.165, 1.54) is 18.4 Å². The van der Waals surface area contributed by atoms with Crippen LogP contribution in [-0.4, -0.2) is 18.1 Å². The monoisotopic (exact) mass is 345 g/mol. The zero-order chi connectivity index (χ0) is 14.7. The number of nitrogens with zero attached hydrogens (tertiary/aromatic N) is 2. The second kappa shape index (κ2) is 6.48. The Bertz CT molecular complexity index is 591. The van der Waals surface area contributed by atoms with Crippen molar-refractivity contribution >= 4 is 27.4 Å². The van der Waals surface area contributed by atoms with Crippen LogP contribution in [0, 0.1) is 0 Å². The predicted octanol–water partition coefficient (Wildman–Crippen LogP) is 4.62. The Labute approximate surface area is 134 Å². The van der Waals surface area contributed by atoms with Gasteiger partial charge >= 0.3 is 0 Å². The van der Waals surface area contributed by atoms with Crippen molar-refractivity contribution in [3.63, 3.8) is 0 Å². The molecule has 110 valence electrons.